The maximum absolute atomic E-state index is 13.1. The fourth-order valence-electron chi connectivity index (χ4n) is 3.73. The van der Waals surface area contributed by atoms with E-state index in [1.54, 1.807) is 36.4 Å². The van der Waals surface area contributed by atoms with Gasteiger partial charge < -0.3 is 19.6 Å². The Kier molecular flexibility index (Phi) is 8.19. The second-order valence-electron chi connectivity index (χ2n) is 7.91. The predicted molar refractivity (Wildman–Crippen MR) is 114 cm³/mol. The molecular weight excluding hydrogens is 455 g/mol. The number of pyridine rings is 1. The average Bonchev–Trinajstić information content (AvgIpc) is 2.90. The van der Waals surface area contributed by atoms with Crippen LogP contribution in [0, 0.1) is 5.92 Å². The summed E-state index contributed by atoms with van der Waals surface area (Å²) in [5, 5.41) is 9.64. The highest BCUT2D eigenvalue weighted by atomic mass is 19.4. The zero-order valence-corrected chi connectivity index (χ0v) is 18.6. The first kappa shape index (κ1) is 25.1. The minimum atomic E-state index is -4.57. The largest absolute Gasteiger partial charge is 0.494 e. The molecule has 1 aromatic carbocycles. The van der Waals surface area contributed by atoms with Crippen LogP contribution >= 0.6 is 0 Å². The van der Waals surface area contributed by atoms with Crippen LogP contribution in [-0.4, -0.2) is 59.7 Å². The number of fused-ring (bicyclic) bond motifs is 1. The summed E-state index contributed by atoms with van der Waals surface area (Å²) in [4.78, 5) is 29.5. The molecule has 1 aliphatic heterocycles. The molecule has 1 amide bonds. The lowest BCUT2D eigenvalue weighted by Gasteiger charge is -2.25. The lowest BCUT2D eigenvalue weighted by Crippen LogP contribution is -2.41. The van der Waals surface area contributed by atoms with Gasteiger partial charge in [0.25, 0.3) is 0 Å². The first-order valence-corrected chi connectivity index (χ1v) is 10.7. The summed E-state index contributed by atoms with van der Waals surface area (Å²) in [5.74, 6) is -1.86. The first-order valence-electron chi connectivity index (χ1n) is 10.7. The molecular formula is C23H26F3N3O5. The molecule has 0 spiro atoms. The van der Waals surface area contributed by atoms with E-state index in [4.69, 9.17) is 4.74 Å². The minimum absolute atomic E-state index is 0.134. The number of aromatic nitrogens is 1. The van der Waals surface area contributed by atoms with Gasteiger partial charge in [0.1, 0.15) is 12.3 Å². The normalized spacial score (nSPS) is 16.7. The minimum Gasteiger partial charge on any atom is -0.494 e. The fourth-order valence-corrected chi connectivity index (χ4v) is 3.73. The summed E-state index contributed by atoms with van der Waals surface area (Å²) in [5.41, 5.74) is 1.63. The lowest BCUT2D eigenvalue weighted by molar-refractivity contribution is -0.165. The van der Waals surface area contributed by atoms with E-state index in [1.807, 2.05) is 0 Å². The number of carbonyl (C=O) groups excluding carboxylic acids is 2. The molecule has 1 aliphatic rings. The number of amides is 1. The monoisotopic (exact) mass is 481 g/mol. The average molecular weight is 481 g/mol. The van der Waals surface area contributed by atoms with Gasteiger partial charge in [-0.05, 0) is 41.8 Å². The van der Waals surface area contributed by atoms with E-state index in [-0.39, 0.29) is 19.4 Å². The number of nitrogens with zero attached hydrogens (tertiary/aromatic N) is 3. The van der Waals surface area contributed by atoms with Crippen molar-refractivity contribution < 1.29 is 37.4 Å². The molecule has 0 radical (unpaired) electrons. The summed E-state index contributed by atoms with van der Waals surface area (Å²) >= 11 is 0. The van der Waals surface area contributed by atoms with E-state index in [2.05, 4.69) is 9.73 Å². The number of hydrogen-bond acceptors (Lipinski definition) is 6. The number of alkyl halides is 3. The van der Waals surface area contributed by atoms with Crippen LogP contribution in [0.3, 0.4) is 0 Å². The van der Waals surface area contributed by atoms with Crippen molar-refractivity contribution in [1.82, 2.24) is 9.63 Å². The van der Waals surface area contributed by atoms with Gasteiger partial charge in [0.2, 0.25) is 5.91 Å². The highest BCUT2D eigenvalue weighted by Gasteiger charge is 2.38. The number of benzene rings is 1. The molecule has 184 valence electrons. The summed E-state index contributed by atoms with van der Waals surface area (Å²) in [7, 11) is 1.17. The highest BCUT2D eigenvalue weighted by molar-refractivity contribution is 5.84. The Bertz CT molecular complexity index is 1080. The van der Waals surface area contributed by atoms with Crippen LogP contribution < -0.4 is 10.2 Å². The first-order chi connectivity index (χ1) is 16.2. The van der Waals surface area contributed by atoms with Gasteiger partial charge in [0, 0.05) is 25.7 Å². The number of halogens is 3. The molecule has 8 nitrogen and oxygen atoms in total. The third-order valence-electron chi connectivity index (χ3n) is 5.34. The molecule has 0 saturated heterocycles. The smallest absolute Gasteiger partial charge is 0.406 e. The Balaban J connectivity index is 1.69. The second kappa shape index (κ2) is 11.1. The molecule has 0 bridgehead atoms. The quantitative estimate of drug-likeness (QED) is 0.356. The van der Waals surface area contributed by atoms with Gasteiger partial charge in [0.05, 0.1) is 26.1 Å². The molecule has 1 aromatic heterocycles. The molecule has 3 rings (SSSR count). The van der Waals surface area contributed by atoms with Crippen LogP contribution in [-0.2, 0) is 27.3 Å². The maximum atomic E-state index is 13.1. The van der Waals surface area contributed by atoms with Crippen LogP contribution in [0.15, 0.2) is 47.6 Å². The molecule has 1 unspecified atom stereocenters. The van der Waals surface area contributed by atoms with Crippen molar-refractivity contribution in [2.24, 2.45) is 10.9 Å². The summed E-state index contributed by atoms with van der Waals surface area (Å²) in [6, 6.07) is 10.1. The number of rotatable bonds is 8. The number of hydrogen-bond donors (Lipinski definition) is 1. The Hall–Kier alpha value is -3.50. The van der Waals surface area contributed by atoms with Crippen molar-refractivity contribution in [3.05, 3.63) is 59.2 Å². The summed E-state index contributed by atoms with van der Waals surface area (Å²) in [6.07, 6.45) is -2.71. The molecule has 2 aromatic rings. The number of ether oxygens (including phenoxy) is 2. The number of methoxy groups -OCH3 is 1. The van der Waals surface area contributed by atoms with E-state index in [1.165, 1.54) is 13.3 Å². The number of carbonyl (C=O) groups is 2. The summed E-state index contributed by atoms with van der Waals surface area (Å²) < 4.78 is 50.6. The van der Waals surface area contributed by atoms with Crippen LogP contribution in [0.1, 0.15) is 24.0 Å². The zero-order valence-electron chi connectivity index (χ0n) is 18.6. The van der Waals surface area contributed by atoms with Gasteiger partial charge in [-0.3, -0.25) is 14.6 Å². The molecule has 0 aliphatic carbocycles. The molecule has 0 saturated carbocycles. The van der Waals surface area contributed by atoms with E-state index in [9.17, 15) is 28.0 Å². The van der Waals surface area contributed by atoms with Crippen molar-refractivity contribution in [3.63, 3.8) is 0 Å². The van der Waals surface area contributed by atoms with Crippen molar-refractivity contribution in [2.75, 3.05) is 26.8 Å². The Morgan fingerprint density at radius 2 is 2.03 bits per heavy atom. The van der Waals surface area contributed by atoms with Crippen LogP contribution in [0.4, 0.5) is 13.2 Å². The maximum Gasteiger partial charge on any atom is 0.406 e. The van der Waals surface area contributed by atoms with Gasteiger partial charge in [-0.1, -0.05) is 12.1 Å². The Labute approximate surface area is 194 Å². The third kappa shape index (κ3) is 7.00. The van der Waals surface area contributed by atoms with Crippen LogP contribution in [0.2, 0.25) is 0 Å². The van der Waals surface area contributed by atoms with Gasteiger partial charge in [-0.15, -0.1) is 0 Å². The highest BCUT2D eigenvalue weighted by Crippen LogP contribution is 2.30. The molecule has 11 heteroatoms. The van der Waals surface area contributed by atoms with Crippen molar-refractivity contribution in [3.8, 4) is 5.75 Å². The topological polar surface area (TPSA) is 93.4 Å². The molecule has 0 fully saturated rings. The summed E-state index contributed by atoms with van der Waals surface area (Å²) in [6.45, 7) is -0.933. The number of esters is 1. The van der Waals surface area contributed by atoms with E-state index in [0.29, 0.717) is 41.9 Å². The van der Waals surface area contributed by atoms with Crippen molar-refractivity contribution >= 4 is 11.9 Å². The van der Waals surface area contributed by atoms with E-state index < -0.39 is 30.5 Å². The fraction of sp³-hybridized carbons (Fsp3) is 0.435. The SMILES string of the molecule is COC(=O)CC1Cc2ccc(OCCCN=c3ccccn3O)cc2CN(CC(F)(F)F)C1=O. The molecule has 2 heterocycles. The van der Waals surface area contributed by atoms with Gasteiger partial charge >= 0.3 is 12.1 Å². The second-order valence-corrected chi connectivity index (χ2v) is 7.91. The Morgan fingerprint density at radius 3 is 2.74 bits per heavy atom. The molecule has 34 heavy (non-hydrogen) atoms. The van der Waals surface area contributed by atoms with Crippen molar-refractivity contribution in [1.29, 1.82) is 0 Å². The van der Waals surface area contributed by atoms with Gasteiger partial charge in [-0.25, -0.2) is 0 Å². The van der Waals surface area contributed by atoms with E-state index in [0.717, 1.165) is 9.63 Å². The lowest BCUT2D eigenvalue weighted by atomic mass is 9.94. The van der Waals surface area contributed by atoms with Crippen molar-refractivity contribution in [2.45, 2.75) is 32.0 Å². The molecule has 1 N–H and O–H groups in total. The third-order valence-corrected chi connectivity index (χ3v) is 5.34. The van der Waals surface area contributed by atoms with Gasteiger partial charge in [-0.2, -0.15) is 17.9 Å². The van der Waals surface area contributed by atoms with Crippen LogP contribution in [0.25, 0.3) is 0 Å². The van der Waals surface area contributed by atoms with Gasteiger partial charge in [0.15, 0.2) is 5.49 Å². The predicted octanol–water partition coefficient (Wildman–Crippen LogP) is 2.72. The Morgan fingerprint density at radius 1 is 1.24 bits per heavy atom. The standard InChI is InChI=1S/C23H26F3N3O5/c1-33-21(30)13-17-11-16-6-7-19(12-18(16)14-28(22(17)31)15-23(24,25)26)34-10-4-8-27-20-5-2-3-9-29(20)32/h2-3,5-7,9,12,17,32H,4,8,10-11,13-15H2,1H3. The van der Waals surface area contributed by atoms with E-state index >= 15 is 0 Å². The molecule has 1 atom stereocenters. The van der Waals surface area contributed by atoms with Crippen LogP contribution in [0.5, 0.6) is 5.75 Å². The zero-order chi connectivity index (χ0) is 24.7.